The lowest BCUT2D eigenvalue weighted by Crippen LogP contribution is -2.30. The zero-order valence-electron chi connectivity index (χ0n) is 11.7. The highest BCUT2D eigenvalue weighted by molar-refractivity contribution is 6.00. The Hall–Kier alpha value is -2.18. The Bertz CT molecular complexity index is 521. The van der Waals surface area contributed by atoms with Gasteiger partial charge in [-0.25, -0.2) is 18.4 Å². The zero-order chi connectivity index (χ0) is 15.8. The average Bonchev–Trinajstić information content (AvgIpc) is 2.42. The molecule has 7 heteroatoms. The molecule has 1 aromatic rings. The van der Waals surface area contributed by atoms with Crippen molar-refractivity contribution in [1.29, 1.82) is 0 Å². The first-order chi connectivity index (χ1) is 9.95. The molecule has 0 radical (unpaired) electrons. The molecule has 1 rings (SSSR count). The van der Waals surface area contributed by atoms with Crippen LogP contribution < -0.4 is 10.6 Å². The lowest BCUT2D eigenvalue weighted by atomic mass is 10.1. The molecule has 3 N–H and O–H groups in total. The third-order valence-corrected chi connectivity index (χ3v) is 2.85. The van der Waals surface area contributed by atoms with Gasteiger partial charge in [0.15, 0.2) is 11.6 Å². The summed E-state index contributed by atoms with van der Waals surface area (Å²) in [7, 11) is 0. The van der Waals surface area contributed by atoms with Crippen molar-refractivity contribution in [3.05, 3.63) is 29.3 Å². The topological polar surface area (TPSA) is 78.4 Å². The Labute approximate surface area is 121 Å². The van der Waals surface area contributed by atoms with Crippen LogP contribution in [0.15, 0.2) is 12.1 Å². The number of carboxylic acids is 1. The van der Waals surface area contributed by atoms with Gasteiger partial charge in [-0.15, -0.1) is 0 Å². The number of carbonyl (C=O) groups excluding carboxylic acids is 1. The second-order valence-corrected chi connectivity index (χ2v) is 4.56. The molecule has 0 aliphatic rings. The quantitative estimate of drug-likeness (QED) is 0.676. The minimum atomic E-state index is -1.45. The van der Waals surface area contributed by atoms with Crippen LogP contribution in [0.2, 0.25) is 0 Å². The number of rotatable bonds is 7. The Morgan fingerprint density at radius 1 is 1.14 bits per heavy atom. The van der Waals surface area contributed by atoms with Crippen molar-refractivity contribution < 1.29 is 23.5 Å². The second-order valence-electron chi connectivity index (χ2n) is 4.56. The van der Waals surface area contributed by atoms with Gasteiger partial charge in [0.2, 0.25) is 0 Å². The molecule has 0 aromatic heterocycles. The Balaban J connectivity index is 2.63. The number of urea groups is 1. The van der Waals surface area contributed by atoms with Gasteiger partial charge in [-0.05, 0) is 12.5 Å². The number of amides is 2. The Kier molecular flexibility index (Phi) is 6.58. The van der Waals surface area contributed by atoms with Crippen molar-refractivity contribution >= 4 is 17.7 Å². The van der Waals surface area contributed by atoms with E-state index in [0.29, 0.717) is 18.7 Å². The molecule has 0 saturated carbocycles. The van der Waals surface area contributed by atoms with E-state index in [1.165, 1.54) is 0 Å². The van der Waals surface area contributed by atoms with Crippen molar-refractivity contribution in [1.82, 2.24) is 5.32 Å². The van der Waals surface area contributed by atoms with Gasteiger partial charge in [0.05, 0.1) is 11.3 Å². The van der Waals surface area contributed by atoms with Crippen LogP contribution in [0.25, 0.3) is 0 Å². The van der Waals surface area contributed by atoms with Gasteiger partial charge in [0, 0.05) is 12.6 Å². The second kappa shape index (κ2) is 8.18. The number of carboxylic acid groups (broad SMARTS) is 1. The van der Waals surface area contributed by atoms with Gasteiger partial charge >= 0.3 is 12.0 Å². The molecule has 21 heavy (non-hydrogen) atoms. The van der Waals surface area contributed by atoms with Crippen molar-refractivity contribution in [2.24, 2.45) is 0 Å². The number of hydrogen-bond donors (Lipinski definition) is 3. The lowest BCUT2D eigenvalue weighted by molar-refractivity contribution is 0.0697. The fraction of sp³-hybridized carbons (Fsp3) is 0.429. The molecule has 0 aliphatic heterocycles. The van der Waals surface area contributed by atoms with Crippen LogP contribution in [0.5, 0.6) is 0 Å². The van der Waals surface area contributed by atoms with Crippen LogP contribution in [0, 0.1) is 11.6 Å². The number of unbranched alkanes of at least 4 members (excludes halogenated alkanes) is 3. The number of anilines is 1. The fourth-order valence-electron chi connectivity index (χ4n) is 1.75. The van der Waals surface area contributed by atoms with Crippen molar-refractivity contribution in [3.8, 4) is 0 Å². The van der Waals surface area contributed by atoms with E-state index in [4.69, 9.17) is 5.11 Å². The van der Waals surface area contributed by atoms with E-state index < -0.39 is 29.2 Å². The van der Waals surface area contributed by atoms with E-state index in [9.17, 15) is 18.4 Å². The number of halogens is 2. The minimum absolute atomic E-state index is 0.285. The number of carbonyl (C=O) groups is 2. The third kappa shape index (κ3) is 5.37. The van der Waals surface area contributed by atoms with Gasteiger partial charge in [0.25, 0.3) is 0 Å². The molecular weight excluding hydrogens is 282 g/mol. The number of nitrogens with one attached hydrogen (secondary N) is 2. The van der Waals surface area contributed by atoms with Crippen molar-refractivity contribution in [3.63, 3.8) is 0 Å². The molecule has 0 aliphatic carbocycles. The Morgan fingerprint density at radius 2 is 1.81 bits per heavy atom. The third-order valence-electron chi connectivity index (χ3n) is 2.85. The summed E-state index contributed by atoms with van der Waals surface area (Å²) in [6, 6.07) is 0.532. The van der Waals surface area contributed by atoms with Gasteiger partial charge in [-0.3, -0.25) is 0 Å². The number of hydrogen-bond acceptors (Lipinski definition) is 2. The highest BCUT2D eigenvalue weighted by atomic mass is 19.2. The minimum Gasteiger partial charge on any atom is -0.478 e. The summed E-state index contributed by atoms with van der Waals surface area (Å²) >= 11 is 0. The summed E-state index contributed by atoms with van der Waals surface area (Å²) in [5.41, 5.74) is -0.789. The molecule has 116 valence electrons. The van der Waals surface area contributed by atoms with Gasteiger partial charge in [0.1, 0.15) is 0 Å². The van der Waals surface area contributed by atoms with Crippen LogP contribution in [0.1, 0.15) is 43.0 Å². The van der Waals surface area contributed by atoms with Crippen molar-refractivity contribution in [2.45, 2.75) is 32.6 Å². The standard InChI is InChI=1S/C14H18F2N2O3/c1-2-3-4-5-6-17-14(21)18-12-8-11(16)10(15)7-9(12)13(19)20/h7-8H,2-6H2,1H3,(H,19,20)(H2,17,18,21). The van der Waals surface area contributed by atoms with E-state index in [-0.39, 0.29) is 5.69 Å². The van der Waals surface area contributed by atoms with E-state index in [2.05, 4.69) is 17.6 Å². The summed E-state index contributed by atoms with van der Waals surface area (Å²) < 4.78 is 26.1. The largest absolute Gasteiger partial charge is 0.478 e. The maximum atomic E-state index is 13.1. The molecule has 5 nitrogen and oxygen atoms in total. The smallest absolute Gasteiger partial charge is 0.337 e. The molecule has 0 atom stereocenters. The van der Waals surface area contributed by atoms with Crippen LogP contribution in [0.4, 0.5) is 19.3 Å². The molecule has 0 heterocycles. The fourth-order valence-corrected chi connectivity index (χ4v) is 1.75. The number of benzene rings is 1. The van der Waals surface area contributed by atoms with E-state index >= 15 is 0 Å². The SMILES string of the molecule is CCCCCCNC(=O)Nc1cc(F)c(F)cc1C(=O)O. The average molecular weight is 300 g/mol. The molecular formula is C14H18F2N2O3. The summed E-state index contributed by atoms with van der Waals surface area (Å²) in [6.45, 7) is 2.49. The molecule has 0 bridgehead atoms. The van der Waals surface area contributed by atoms with Crippen LogP contribution in [-0.4, -0.2) is 23.7 Å². The first kappa shape index (κ1) is 16.9. The van der Waals surface area contributed by atoms with Crippen molar-refractivity contribution in [2.75, 3.05) is 11.9 Å². The first-order valence-corrected chi connectivity index (χ1v) is 6.73. The molecule has 2 amide bonds. The summed E-state index contributed by atoms with van der Waals surface area (Å²) in [6.07, 6.45) is 3.91. The maximum Gasteiger partial charge on any atom is 0.337 e. The predicted octanol–water partition coefficient (Wildman–Crippen LogP) is 3.36. The Morgan fingerprint density at radius 3 is 2.43 bits per heavy atom. The molecule has 0 spiro atoms. The summed E-state index contributed by atoms with van der Waals surface area (Å²) in [5.74, 6) is -3.96. The molecule has 1 aromatic carbocycles. The van der Waals surface area contributed by atoms with Gasteiger partial charge in [-0.2, -0.15) is 0 Å². The number of aromatic carboxylic acids is 1. The highest BCUT2D eigenvalue weighted by Gasteiger charge is 2.16. The van der Waals surface area contributed by atoms with E-state index in [1.807, 2.05) is 0 Å². The maximum absolute atomic E-state index is 13.1. The van der Waals surface area contributed by atoms with Gasteiger partial charge in [-0.1, -0.05) is 26.2 Å². The van der Waals surface area contributed by atoms with Crippen LogP contribution >= 0.6 is 0 Å². The normalized spacial score (nSPS) is 10.2. The van der Waals surface area contributed by atoms with E-state index in [1.54, 1.807) is 0 Å². The monoisotopic (exact) mass is 300 g/mol. The lowest BCUT2D eigenvalue weighted by Gasteiger charge is -2.10. The van der Waals surface area contributed by atoms with Crippen LogP contribution in [0.3, 0.4) is 0 Å². The highest BCUT2D eigenvalue weighted by Crippen LogP contribution is 2.20. The van der Waals surface area contributed by atoms with Gasteiger partial charge < -0.3 is 15.7 Å². The van der Waals surface area contributed by atoms with E-state index in [0.717, 1.165) is 25.7 Å². The summed E-state index contributed by atoms with van der Waals surface area (Å²) in [4.78, 5) is 22.5. The zero-order valence-corrected chi connectivity index (χ0v) is 11.7. The molecule has 0 unspecified atom stereocenters. The molecule has 0 fully saturated rings. The predicted molar refractivity (Wildman–Crippen MR) is 74.5 cm³/mol. The van der Waals surface area contributed by atoms with Crippen LogP contribution in [-0.2, 0) is 0 Å². The first-order valence-electron chi connectivity index (χ1n) is 6.73. The molecule has 0 saturated heterocycles. The summed E-state index contributed by atoms with van der Waals surface area (Å²) in [5, 5.41) is 13.7.